The summed E-state index contributed by atoms with van der Waals surface area (Å²) in [6.45, 7) is 0.349. The molecule has 1 aromatic heterocycles. The van der Waals surface area contributed by atoms with Crippen molar-refractivity contribution in [3.8, 4) is 0 Å². The van der Waals surface area contributed by atoms with Crippen molar-refractivity contribution < 1.29 is 14.4 Å². The van der Waals surface area contributed by atoms with E-state index in [1.165, 1.54) is 12.1 Å². The minimum Gasteiger partial charge on any atom is -0.348 e. The van der Waals surface area contributed by atoms with Crippen LogP contribution in [0.15, 0.2) is 73.1 Å². The molecule has 1 N–H and O–H groups in total. The van der Waals surface area contributed by atoms with E-state index >= 15 is 0 Å². The van der Waals surface area contributed by atoms with Crippen LogP contribution in [0, 0.1) is 0 Å². The highest BCUT2D eigenvalue weighted by molar-refractivity contribution is 6.34. The third-order valence-corrected chi connectivity index (χ3v) is 4.37. The van der Waals surface area contributed by atoms with Crippen molar-refractivity contribution in [1.29, 1.82) is 0 Å². The molecular weight excluding hydrogens is 342 g/mol. The Balaban J connectivity index is 1.56. The van der Waals surface area contributed by atoms with Gasteiger partial charge in [0.1, 0.15) is 0 Å². The van der Waals surface area contributed by atoms with E-state index in [9.17, 15) is 14.4 Å². The zero-order valence-electron chi connectivity index (χ0n) is 14.3. The van der Waals surface area contributed by atoms with Gasteiger partial charge < -0.3 is 5.32 Å². The molecule has 6 nitrogen and oxygen atoms in total. The topological polar surface area (TPSA) is 79.4 Å². The molecule has 1 aliphatic heterocycles. The van der Waals surface area contributed by atoms with E-state index in [4.69, 9.17) is 0 Å². The summed E-state index contributed by atoms with van der Waals surface area (Å²) in [5, 5.41) is 2.80. The normalized spacial score (nSPS) is 12.8. The molecule has 0 saturated carbocycles. The number of para-hydroxylation sites is 1. The van der Waals surface area contributed by atoms with E-state index < -0.39 is 5.91 Å². The Hall–Kier alpha value is -3.80. The van der Waals surface area contributed by atoms with Crippen LogP contribution in [0.1, 0.15) is 36.6 Å². The van der Waals surface area contributed by atoms with E-state index in [0.29, 0.717) is 23.4 Å². The van der Waals surface area contributed by atoms with Gasteiger partial charge >= 0.3 is 0 Å². The molecule has 0 unspecified atom stereocenters. The first-order chi connectivity index (χ1) is 13.1. The molecule has 2 heterocycles. The lowest BCUT2D eigenvalue weighted by Gasteiger charge is -2.13. The highest BCUT2D eigenvalue weighted by atomic mass is 16.2. The second-order valence-electron chi connectivity index (χ2n) is 6.08. The molecule has 0 fully saturated rings. The van der Waals surface area contributed by atoms with Crippen molar-refractivity contribution in [3.05, 3.63) is 95.3 Å². The van der Waals surface area contributed by atoms with E-state index in [1.54, 1.807) is 42.7 Å². The van der Waals surface area contributed by atoms with Crippen molar-refractivity contribution >= 4 is 23.4 Å². The number of anilines is 1. The van der Waals surface area contributed by atoms with Gasteiger partial charge in [-0.05, 0) is 48.0 Å². The molecule has 6 heteroatoms. The van der Waals surface area contributed by atoms with Crippen LogP contribution in [-0.4, -0.2) is 22.7 Å². The summed E-state index contributed by atoms with van der Waals surface area (Å²) in [5.74, 6) is -1.12. The maximum absolute atomic E-state index is 12.7. The highest BCUT2D eigenvalue weighted by Crippen LogP contribution is 2.28. The Morgan fingerprint density at radius 1 is 0.889 bits per heavy atom. The molecular formula is C21H15N3O3. The lowest BCUT2D eigenvalue weighted by atomic mass is 10.1. The van der Waals surface area contributed by atoms with Crippen LogP contribution in [0.3, 0.4) is 0 Å². The third kappa shape index (κ3) is 3.08. The molecule has 132 valence electrons. The molecule has 1 aliphatic rings. The number of carbonyl (C=O) groups is 3. The van der Waals surface area contributed by atoms with Gasteiger partial charge in [-0.15, -0.1) is 0 Å². The fraction of sp³-hybridized carbons (Fsp3) is 0.0476. The number of imide groups is 1. The van der Waals surface area contributed by atoms with Gasteiger partial charge in [-0.2, -0.15) is 0 Å². The number of aromatic nitrogens is 1. The Morgan fingerprint density at radius 2 is 1.59 bits per heavy atom. The van der Waals surface area contributed by atoms with Gasteiger partial charge in [0, 0.05) is 24.5 Å². The largest absolute Gasteiger partial charge is 0.348 e. The van der Waals surface area contributed by atoms with Crippen molar-refractivity contribution in [2.24, 2.45) is 0 Å². The zero-order valence-corrected chi connectivity index (χ0v) is 14.3. The van der Waals surface area contributed by atoms with Crippen molar-refractivity contribution in [1.82, 2.24) is 10.3 Å². The molecule has 4 rings (SSSR count). The number of nitrogens with zero attached hydrogens (tertiary/aromatic N) is 2. The molecule has 0 bridgehead atoms. The van der Waals surface area contributed by atoms with Crippen LogP contribution < -0.4 is 10.2 Å². The number of benzene rings is 2. The number of carbonyl (C=O) groups excluding carboxylic acids is 3. The summed E-state index contributed by atoms with van der Waals surface area (Å²) in [4.78, 5) is 42.8. The predicted octanol–water partition coefficient (Wildman–Crippen LogP) is 2.81. The standard InChI is InChI=1S/C21H15N3O3/c25-19(23-13-14-8-10-22-11-9-14)15-6-7-17-18(12-15)21(27)24(20(17)26)16-4-2-1-3-5-16/h1-12H,13H2,(H,23,25). The van der Waals surface area contributed by atoms with Crippen molar-refractivity contribution in [3.63, 3.8) is 0 Å². The third-order valence-electron chi connectivity index (χ3n) is 4.37. The average molecular weight is 357 g/mol. The SMILES string of the molecule is O=C(NCc1ccncc1)c1ccc2c(c1)C(=O)N(c1ccccc1)C2=O. The fourth-order valence-electron chi connectivity index (χ4n) is 2.98. The second kappa shape index (κ2) is 6.84. The number of pyridine rings is 1. The molecule has 3 aromatic rings. The fourth-order valence-corrected chi connectivity index (χ4v) is 2.98. The number of rotatable bonds is 4. The van der Waals surface area contributed by atoms with E-state index in [2.05, 4.69) is 10.3 Å². The maximum Gasteiger partial charge on any atom is 0.266 e. The molecule has 0 saturated heterocycles. The van der Waals surface area contributed by atoms with Gasteiger partial charge in [-0.25, -0.2) is 4.90 Å². The summed E-state index contributed by atoms with van der Waals surface area (Å²) in [7, 11) is 0. The number of hydrogen-bond acceptors (Lipinski definition) is 4. The van der Waals surface area contributed by atoms with Gasteiger partial charge in [0.15, 0.2) is 0 Å². The summed E-state index contributed by atoms with van der Waals surface area (Å²) in [6.07, 6.45) is 3.30. The molecule has 27 heavy (non-hydrogen) atoms. The minimum absolute atomic E-state index is 0.236. The average Bonchev–Trinajstić information content (AvgIpc) is 2.97. The van der Waals surface area contributed by atoms with Crippen LogP contribution in [0.4, 0.5) is 5.69 Å². The summed E-state index contributed by atoms with van der Waals surface area (Å²) >= 11 is 0. The Bertz CT molecular complexity index is 1030. The summed E-state index contributed by atoms with van der Waals surface area (Å²) < 4.78 is 0. The molecule has 0 spiro atoms. The van der Waals surface area contributed by atoms with E-state index in [1.807, 2.05) is 18.2 Å². The monoisotopic (exact) mass is 357 g/mol. The first kappa shape index (κ1) is 16.7. The Morgan fingerprint density at radius 3 is 2.33 bits per heavy atom. The molecule has 3 amide bonds. The molecule has 0 aliphatic carbocycles. The summed E-state index contributed by atoms with van der Waals surface area (Å²) in [5.41, 5.74) is 2.29. The molecule has 0 atom stereocenters. The number of amides is 3. The smallest absolute Gasteiger partial charge is 0.266 e. The first-order valence-corrected chi connectivity index (χ1v) is 8.40. The van der Waals surface area contributed by atoms with Gasteiger partial charge in [0.2, 0.25) is 0 Å². The van der Waals surface area contributed by atoms with Crippen LogP contribution in [0.5, 0.6) is 0 Å². The zero-order chi connectivity index (χ0) is 18.8. The van der Waals surface area contributed by atoms with Crippen LogP contribution in [-0.2, 0) is 6.54 Å². The Labute approximate surface area is 155 Å². The minimum atomic E-state index is -0.426. The quantitative estimate of drug-likeness (QED) is 0.728. The van der Waals surface area contributed by atoms with Crippen molar-refractivity contribution in [2.75, 3.05) is 4.90 Å². The predicted molar refractivity (Wildman–Crippen MR) is 99.4 cm³/mol. The van der Waals surface area contributed by atoms with E-state index in [-0.39, 0.29) is 17.4 Å². The lowest BCUT2D eigenvalue weighted by molar-refractivity contribution is 0.0923. The first-order valence-electron chi connectivity index (χ1n) is 8.40. The highest BCUT2D eigenvalue weighted by Gasteiger charge is 2.37. The van der Waals surface area contributed by atoms with Gasteiger partial charge in [-0.1, -0.05) is 18.2 Å². The van der Waals surface area contributed by atoms with Crippen LogP contribution in [0.25, 0.3) is 0 Å². The van der Waals surface area contributed by atoms with Gasteiger partial charge in [0.05, 0.1) is 16.8 Å². The van der Waals surface area contributed by atoms with E-state index in [0.717, 1.165) is 10.5 Å². The van der Waals surface area contributed by atoms with Crippen LogP contribution >= 0.6 is 0 Å². The lowest BCUT2D eigenvalue weighted by Crippen LogP contribution is -2.29. The number of hydrogen-bond donors (Lipinski definition) is 1. The molecule has 0 radical (unpaired) electrons. The van der Waals surface area contributed by atoms with Crippen molar-refractivity contribution in [2.45, 2.75) is 6.54 Å². The second-order valence-corrected chi connectivity index (χ2v) is 6.08. The Kier molecular flexibility index (Phi) is 4.22. The summed E-state index contributed by atoms with van der Waals surface area (Å²) in [6, 6.07) is 16.9. The van der Waals surface area contributed by atoms with Gasteiger partial charge in [-0.3, -0.25) is 19.4 Å². The van der Waals surface area contributed by atoms with Gasteiger partial charge in [0.25, 0.3) is 17.7 Å². The number of nitrogens with one attached hydrogen (secondary N) is 1. The van der Waals surface area contributed by atoms with Crippen LogP contribution in [0.2, 0.25) is 0 Å². The number of fused-ring (bicyclic) bond motifs is 1. The maximum atomic E-state index is 12.7. The molecule has 2 aromatic carbocycles.